The lowest BCUT2D eigenvalue weighted by Gasteiger charge is -2.26. The molecule has 0 amide bonds. The fourth-order valence-electron chi connectivity index (χ4n) is 3.56. The molecule has 0 bridgehead atoms. The first-order valence-electron chi connectivity index (χ1n) is 7.57. The van der Waals surface area contributed by atoms with Gasteiger partial charge in [-0.2, -0.15) is 0 Å². The molecule has 2 nitrogen and oxygen atoms in total. The first kappa shape index (κ1) is 13.6. The van der Waals surface area contributed by atoms with Gasteiger partial charge in [-0.25, -0.2) is 0 Å². The van der Waals surface area contributed by atoms with Crippen molar-refractivity contribution >= 4 is 10.8 Å². The van der Waals surface area contributed by atoms with Gasteiger partial charge in [0.15, 0.2) is 0 Å². The van der Waals surface area contributed by atoms with Crippen molar-refractivity contribution in [1.82, 2.24) is 0 Å². The summed E-state index contributed by atoms with van der Waals surface area (Å²) < 4.78 is 5.83. The molecule has 0 aliphatic carbocycles. The van der Waals surface area contributed by atoms with Crippen LogP contribution in [0.1, 0.15) is 36.9 Å². The van der Waals surface area contributed by atoms with Crippen LogP contribution in [0.25, 0.3) is 10.8 Å². The average Bonchev–Trinajstić information content (AvgIpc) is 2.95. The quantitative estimate of drug-likeness (QED) is 0.915. The molecular weight excluding hydrogens is 246 g/mol. The molecule has 2 aromatic carbocycles. The van der Waals surface area contributed by atoms with Crippen molar-refractivity contribution in [2.24, 2.45) is 11.7 Å². The van der Waals surface area contributed by atoms with Gasteiger partial charge in [0.05, 0.1) is 6.10 Å². The molecule has 1 saturated heterocycles. The van der Waals surface area contributed by atoms with Crippen molar-refractivity contribution in [3.63, 3.8) is 0 Å². The van der Waals surface area contributed by atoms with Crippen molar-refractivity contribution in [2.45, 2.75) is 38.8 Å². The second-order valence-electron chi connectivity index (χ2n) is 5.81. The Labute approximate surface area is 120 Å². The zero-order valence-corrected chi connectivity index (χ0v) is 12.3. The third kappa shape index (κ3) is 2.23. The van der Waals surface area contributed by atoms with Gasteiger partial charge in [0.1, 0.15) is 0 Å². The van der Waals surface area contributed by atoms with Crippen molar-refractivity contribution in [2.75, 3.05) is 6.61 Å². The van der Waals surface area contributed by atoms with E-state index in [4.69, 9.17) is 10.5 Å². The number of aryl methyl sites for hydroxylation is 1. The summed E-state index contributed by atoms with van der Waals surface area (Å²) >= 11 is 0. The van der Waals surface area contributed by atoms with E-state index in [2.05, 4.69) is 50.2 Å². The Morgan fingerprint density at radius 1 is 1.25 bits per heavy atom. The minimum absolute atomic E-state index is 0.0635. The Morgan fingerprint density at radius 2 is 2.05 bits per heavy atom. The summed E-state index contributed by atoms with van der Waals surface area (Å²) in [6.07, 6.45) is 2.42. The first-order chi connectivity index (χ1) is 9.72. The Balaban J connectivity index is 2.06. The van der Waals surface area contributed by atoms with Gasteiger partial charge >= 0.3 is 0 Å². The van der Waals surface area contributed by atoms with E-state index < -0.39 is 0 Å². The van der Waals surface area contributed by atoms with Gasteiger partial charge in [-0.05, 0) is 41.7 Å². The molecule has 106 valence electrons. The molecular formula is C18H23NO. The molecule has 1 fully saturated rings. The van der Waals surface area contributed by atoms with E-state index in [0.29, 0.717) is 12.0 Å². The molecule has 3 atom stereocenters. The molecule has 20 heavy (non-hydrogen) atoms. The van der Waals surface area contributed by atoms with Gasteiger partial charge in [-0.1, -0.05) is 43.3 Å². The van der Waals surface area contributed by atoms with Crippen LogP contribution in [0.2, 0.25) is 0 Å². The van der Waals surface area contributed by atoms with Crippen LogP contribution in [0.4, 0.5) is 0 Å². The smallest absolute Gasteiger partial charge is 0.0619 e. The largest absolute Gasteiger partial charge is 0.378 e. The molecule has 2 aromatic rings. The van der Waals surface area contributed by atoms with E-state index in [1.54, 1.807) is 0 Å². The van der Waals surface area contributed by atoms with Crippen LogP contribution in [0.5, 0.6) is 0 Å². The highest BCUT2D eigenvalue weighted by Gasteiger charge is 2.33. The normalized spacial score (nSPS) is 24.1. The minimum Gasteiger partial charge on any atom is -0.378 e. The molecule has 3 unspecified atom stereocenters. The molecule has 0 saturated carbocycles. The monoisotopic (exact) mass is 269 g/mol. The van der Waals surface area contributed by atoms with E-state index in [1.165, 1.54) is 21.9 Å². The number of rotatable bonds is 3. The highest BCUT2D eigenvalue weighted by atomic mass is 16.5. The third-order valence-corrected chi connectivity index (χ3v) is 4.65. The topological polar surface area (TPSA) is 35.2 Å². The van der Waals surface area contributed by atoms with Crippen LogP contribution >= 0.6 is 0 Å². The third-order valence-electron chi connectivity index (χ3n) is 4.65. The maximum atomic E-state index is 6.65. The number of hydrogen-bond donors (Lipinski definition) is 1. The van der Waals surface area contributed by atoms with E-state index >= 15 is 0 Å². The molecule has 2 heteroatoms. The molecule has 2 N–H and O–H groups in total. The standard InChI is InChI=1S/C18H23NO/c1-3-16-15(10-11-20-16)18(19)17-12(2)8-9-13-6-4-5-7-14(13)17/h4-9,15-16,18H,3,10-11,19H2,1-2H3. The Bertz CT molecular complexity index is 607. The van der Waals surface area contributed by atoms with Crippen LogP contribution in [0, 0.1) is 12.8 Å². The number of benzene rings is 2. The van der Waals surface area contributed by atoms with E-state index in [1.807, 2.05) is 0 Å². The first-order valence-corrected chi connectivity index (χ1v) is 7.57. The summed E-state index contributed by atoms with van der Waals surface area (Å²) in [5.74, 6) is 0.435. The van der Waals surface area contributed by atoms with Gasteiger partial charge in [0, 0.05) is 18.6 Å². The highest BCUT2D eigenvalue weighted by Crippen LogP contribution is 2.37. The summed E-state index contributed by atoms with van der Waals surface area (Å²) in [5, 5.41) is 2.57. The van der Waals surface area contributed by atoms with Crippen molar-refractivity contribution in [1.29, 1.82) is 0 Å². The van der Waals surface area contributed by atoms with Crippen LogP contribution in [0.15, 0.2) is 36.4 Å². The van der Waals surface area contributed by atoms with Gasteiger partial charge in [-0.15, -0.1) is 0 Å². The average molecular weight is 269 g/mol. The fraction of sp³-hybridized carbons (Fsp3) is 0.444. The Kier molecular flexibility index (Phi) is 3.77. The van der Waals surface area contributed by atoms with Gasteiger partial charge < -0.3 is 10.5 Å². The summed E-state index contributed by atoms with van der Waals surface area (Å²) in [5.41, 5.74) is 9.25. The highest BCUT2D eigenvalue weighted by molar-refractivity contribution is 5.87. The predicted molar refractivity (Wildman–Crippen MR) is 83.8 cm³/mol. The van der Waals surface area contributed by atoms with Gasteiger partial charge in [0.2, 0.25) is 0 Å². The lowest BCUT2D eigenvalue weighted by atomic mass is 9.83. The summed E-state index contributed by atoms with van der Waals surface area (Å²) in [6.45, 7) is 5.20. The number of fused-ring (bicyclic) bond motifs is 1. The van der Waals surface area contributed by atoms with Crippen LogP contribution in [0.3, 0.4) is 0 Å². The van der Waals surface area contributed by atoms with Crippen LogP contribution in [-0.2, 0) is 4.74 Å². The number of ether oxygens (including phenoxy) is 1. The lowest BCUT2D eigenvalue weighted by molar-refractivity contribution is 0.0814. The molecule has 1 aliphatic heterocycles. The van der Waals surface area contributed by atoms with E-state index in [-0.39, 0.29) is 6.04 Å². The van der Waals surface area contributed by atoms with Crippen molar-refractivity contribution < 1.29 is 4.74 Å². The maximum Gasteiger partial charge on any atom is 0.0619 e. The summed E-state index contributed by atoms with van der Waals surface area (Å²) in [7, 11) is 0. The van der Waals surface area contributed by atoms with Crippen LogP contribution in [-0.4, -0.2) is 12.7 Å². The second-order valence-corrected chi connectivity index (χ2v) is 5.81. The molecule has 1 heterocycles. The molecule has 0 aromatic heterocycles. The van der Waals surface area contributed by atoms with Crippen molar-refractivity contribution in [3.8, 4) is 0 Å². The predicted octanol–water partition coefficient (Wildman–Crippen LogP) is 3.96. The molecule has 3 rings (SSSR count). The molecule has 0 radical (unpaired) electrons. The maximum absolute atomic E-state index is 6.65. The van der Waals surface area contributed by atoms with E-state index in [9.17, 15) is 0 Å². The zero-order valence-electron chi connectivity index (χ0n) is 12.3. The molecule has 1 aliphatic rings. The second kappa shape index (κ2) is 5.55. The lowest BCUT2D eigenvalue weighted by Crippen LogP contribution is -2.28. The van der Waals surface area contributed by atoms with Gasteiger partial charge in [0.25, 0.3) is 0 Å². The van der Waals surface area contributed by atoms with E-state index in [0.717, 1.165) is 19.4 Å². The Morgan fingerprint density at radius 3 is 2.85 bits per heavy atom. The Hall–Kier alpha value is -1.38. The zero-order chi connectivity index (χ0) is 14.1. The minimum atomic E-state index is 0.0635. The number of nitrogens with two attached hydrogens (primary N) is 1. The summed E-state index contributed by atoms with van der Waals surface area (Å²) in [4.78, 5) is 0. The number of hydrogen-bond acceptors (Lipinski definition) is 2. The van der Waals surface area contributed by atoms with Crippen molar-refractivity contribution in [3.05, 3.63) is 47.5 Å². The van der Waals surface area contributed by atoms with Crippen LogP contribution < -0.4 is 5.73 Å². The van der Waals surface area contributed by atoms with Gasteiger partial charge in [-0.3, -0.25) is 0 Å². The molecule has 0 spiro atoms. The summed E-state index contributed by atoms with van der Waals surface area (Å²) in [6, 6.07) is 13.0. The SMILES string of the molecule is CCC1OCCC1C(N)c1c(C)ccc2ccccc12. The fourth-order valence-corrected chi connectivity index (χ4v) is 3.56.